The first kappa shape index (κ1) is 11.3. The highest BCUT2D eigenvalue weighted by Crippen LogP contribution is 2.30. The number of halogens is 1. The fraction of sp³-hybridized carbons (Fsp3) is 0.0714. The molecule has 0 saturated heterocycles. The predicted molar refractivity (Wildman–Crippen MR) is 66.1 cm³/mol. The van der Waals surface area contributed by atoms with Crippen molar-refractivity contribution >= 4 is 11.6 Å². The van der Waals surface area contributed by atoms with Crippen molar-refractivity contribution in [3.63, 3.8) is 0 Å². The van der Waals surface area contributed by atoms with Crippen LogP contribution in [0.25, 0.3) is 11.1 Å². The summed E-state index contributed by atoms with van der Waals surface area (Å²) in [5.74, 6) is -0.560. The molecule has 0 radical (unpaired) electrons. The van der Waals surface area contributed by atoms with Crippen molar-refractivity contribution in [3.05, 3.63) is 54.3 Å². The van der Waals surface area contributed by atoms with Gasteiger partial charge in [0.2, 0.25) is 5.91 Å². The molecule has 2 aromatic rings. The number of hydrogen-bond acceptors (Lipinski definition) is 1. The van der Waals surface area contributed by atoms with Gasteiger partial charge in [0.15, 0.2) is 0 Å². The van der Waals surface area contributed by atoms with Gasteiger partial charge in [-0.2, -0.15) is 0 Å². The van der Waals surface area contributed by atoms with E-state index in [0.717, 1.165) is 5.56 Å². The zero-order valence-electron chi connectivity index (χ0n) is 9.41. The Kier molecular flexibility index (Phi) is 3.19. The van der Waals surface area contributed by atoms with E-state index >= 15 is 0 Å². The Balaban J connectivity index is 2.55. The van der Waals surface area contributed by atoms with Crippen LogP contribution in [-0.4, -0.2) is 5.91 Å². The van der Waals surface area contributed by atoms with Crippen LogP contribution >= 0.6 is 0 Å². The monoisotopic (exact) mass is 229 g/mol. The van der Waals surface area contributed by atoms with Gasteiger partial charge in [-0.05, 0) is 17.7 Å². The molecule has 0 spiro atoms. The van der Waals surface area contributed by atoms with E-state index in [0.29, 0.717) is 11.3 Å². The van der Waals surface area contributed by atoms with Crippen LogP contribution in [0.3, 0.4) is 0 Å². The predicted octanol–water partition coefficient (Wildman–Crippen LogP) is 3.45. The van der Waals surface area contributed by atoms with E-state index in [4.69, 9.17) is 0 Å². The van der Waals surface area contributed by atoms with Crippen molar-refractivity contribution in [2.45, 2.75) is 6.92 Å². The van der Waals surface area contributed by atoms with Gasteiger partial charge in [0, 0.05) is 12.5 Å². The number of anilines is 1. The van der Waals surface area contributed by atoms with Crippen LogP contribution in [0, 0.1) is 5.82 Å². The van der Waals surface area contributed by atoms with Crippen LogP contribution < -0.4 is 5.32 Å². The van der Waals surface area contributed by atoms with Crippen LogP contribution in [0.5, 0.6) is 0 Å². The Morgan fingerprint density at radius 2 is 1.76 bits per heavy atom. The van der Waals surface area contributed by atoms with Crippen molar-refractivity contribution < 1.29 is 9.18 Å². The van der Waals surface area contributed by atoms with E-state index in [1.807, 2.05) is 30.3 Å². The van der Waals surface area contributed by atoms with E-state index in [2.05, 4.69) is 5.32 Å². The molecule has 0 fully saturated rings. The van der Waals surface area contributed by atoms with Gasteiger partial charge in [0.25, 0.3) is 0 Å². The van der Waals surface area contributed by atoms with Crippen LogP contribution in [0.15, 0.2) is 48.5 Å². The number of amides is 1. The molecular formula is C14H12FNO. The van der Waals surface area contributed by atoms with Crippen LogP contribution in [0.2, 0.25) is 0 Å². The van der Waals surface area contributed by atoms with Crippen LogP contribution in [0.4, 0.5) is 10.1 Å². The Hall–Kier alpha value is -2.16. The second kappa shape index (κ2) is 4.78. The standard InChI is InChI=1S/C14H12FNO/c1-10(17)16-13-9-5-8-12(15)14(13)11-6-3-2-4-7-11/h2-9H,1H3,(H,16,17). The number of hydrogen-bond donors (Lipinski definition) is 1. The molecule has 0 bridgehead atoms. The van der Waals surface area contributed by atoms with Crippen molar-refractivity contribution in [2.75, 3.05) is 5.32 Å². The number of rotatable bonds is 2. The molecule has 0 heterocycles. The lowest BCUT2D eigenvalue weighted by Gasteiger charge is -2.10. The van der Waals surface area contributed by atoms with Crippen molar-refractivity contribution in [2.24, 2.45) is 0 Å². The summed E-state index contributed by atoms with van der Waals surface area (Å²) in [4.78, 5) is 11.1. The van der Waals surface area contributed by atoms with E-state index in [-0.39, 0.29) is 11.7 Å². The molecule has 0 saturated carbocycles. The summed E-state index contributed by atoms with van der Waals surface area (Å²) in [6, 6.07) is 13.8. The third kappa shape index (κ3) is 2.50. The minimum absolute atomic E-state index is 0.215. The highest BCUT2D eigenvalue weighted by molar-refractivity contribution is 5.94. The quantitative estimate of drug-likeness (QED) is 0.839. The third-order valence-electron chi connectivity index (χ3n) is 2.39. The van der Waals surface area contributed by atoms with Crippen molar-refractivity contribution in [1.82, 2.24) is 0 Å². The summed E-state index contributed by atoms with van der Waals surface area (Å²) in [5, 5.41) is 2.63. The number of carbonyl (C=O) groups is 1. The summed E-state index contributed by atoms with van der Waals surface area (Å²) in [6.45, 7) is 1.40. The molecule has 2 rings (SSSR count). The number of nitrogens with one attached hydrogen (secondary N) is 1. The summed E-state index contributed by atoms with van der Waals surface area (Å²) < 4.78 is 13.8. The summed E-state index contributed by atoms with van der Waals surface area (Å²) >= 11 is 0. The molecule has 0 atom stereocenters. The van der Waals surface area contributed by atoms with E-state index in [1.165, 1.54) is 13.0 Å². The molecule has 17 heavy (non-hydrogen) atoms. The highest BCUT2D eigenvalue weighted by Gasteiger charge is 2.10. The Bertz CT molecular complexity index is 537. The molecule has 1 amide bonds. The fourth-order valence-corrected chi connectivity index (χ4v) is 1.72. The molecule has 0 aromatic heterocycles. The third-order valence-corrected chi connectivity index (χ3v) is 2.39. The molecule has 1 N–H and O–H groups in total. The summed E-state index contributed by atoms with van der Waals surface area (Å²) in [5.41, 5.74) is 1.65. The molecule has 0 aliphatic carbocycles. The Morgan fingerprint density at radius 3 is 2.41 bits per heavy atom. The van der Waals surface area contributed by atoms with Gasteiger partial charge in [0.05, 0.1) is 5.69 Å². The average Bonchev–Trinajstić information content (AvgIpc) is 2.29. The van der Waals surface area contributed by atoms with E-state index < -0.39 is 0 Å². The molecule has 0 unspecified atom stereocenters. The lowest BCUT2D eigenvalue weighted by Crippen LogP contribution is -2.07. The maximum atomic E-state index is 13.8. The molecule has 0 aliphatic rings. The van der Waals surface area contributed by atoms with Crippen molar-refractivity contribution in [3.8, 4) is 11.1 Å². The van der Waals surface area contributed by atoms with Gasteiger partial charge < -0.3 is 5.32 Å². The van der Waals surface area contributed by atoms with E-state index in [1.54, 1.807) is 12.1 Å². The summed E-state index contributed by atoms with van der Waals surface area (Å²) in [6.07, 6.45) is 0. The molecule has 2 aromatic carbocycles. The van der Waals surface area contributed by atoms with Gasteiger partial charge in [-0.25, -0.2) is 4.39 Å². The molecule has 0 aliphatic heterocycles. The molecular weight excluding hydrogens is 217 g/mol. The molecule has 2 nitrogen and oxygen atoms in total. The van der Waals surface area contributed by atoms with Gasteiger partial charge in [-0.15, -0.1) is 0 Å². The summed E-state index contributed by atoms with van der Waals surface area (Å²) in [7, 11) is 0. The Morgan fingerprint density at radius 1 is 1.06 bits per heavy atom. The maximum absolute atomic E-state index is 13.8. The first-order valence-electron chi connectivity index (χ1n) is 5.30. The fourth-order valence-electron chi connectivity index (χ4n) is 1.72. The van der Waals surface area contributed by atoms with Crippen molar-refractivity contribution in [1.29, 1.82) is 0 Å². The first-order valence-corrected chi connectivity index (χ1v) is 5.30. The largest absolute Gasteiger partial charge is 0.326 e. The minimum Gasteiger partial charge on any atom is -0.326 e. The van der Waals surface area contributed by atoms with Gasteiger partial charge in [-0.1, -0.05) is 36.4 Å². The van der Waals surface area contributed by atoms with Crippen LogP contribution in [0.1, 0.15) is 6.92 Å². The van der Waals surface area contributed by atoms with E-state index in [9.17, 15) is 9.18 Å². The molecule has 86 valence electrons. The normalized spacial score (nSPS) is 10.0. The molecule has 3 heteroatoms. The minimum atomic E-state index is -0.345. The zero-order valence-corrected chi connectivity index (χ0v) is 9.41. The van der Waals surface area contributed by atoms with Gasteiger partial charge in [0.1, 0.15) is 5.82 Å². The zero-order chi connectivity index (χ0) is 12.3. The lowest BCUT2D eigenvalue weighted by atomic mass is 10.0. The maximum Gasteiger partial charge on any atom is 0.221 e. The van der Waals surface area contributed by atoms with Gasteiger partial charge in [-0.3, -0.25) is 4.79 Å². The first-order chi connectivity index (χ1) is 8.18. The average molecular weight is 229 g/mol. The number of carbonyl (C=O) groups excluding carboxylic acids is 1. The lowest BCUT2D eigenvalue weighted by molar-refractivity contribution is -0.114. The second-order valence-corrected chi connectivity index (χ2v) is 3.71. The topological polar surface area (TPSA) is 29.1 Å². The SMILES string of the molecule is CC(=O)Nc1cccc(F)c1-c1ccccc1. The highest BCUT2D eigenvalue weighted by atomic mass is 19.1. The van der Waals surface area contributed by atoms with Gasteiger partial charge >= 0.3 is 0 Å². The second-order valence-electron chi connectivity index (χ2n) is 3.71. The van der Waals surface area contributed by atoms with Crippen LogP contribution in [-0.2, 0) is 4.79 Å². The Labute approximate surface area is 99.1 Å². The smallest absolute Gasteiger partial charge is 0.221 e. The number of benzene rings is 2.